The number of ether oxygens (including phenoxy) is 1. The molecule has 0 aliphatic rings. The first kappa shape index (κ1) is 14.2. The van der Waals surface area contributed by atoms with Crippen molar-refractivity contribution in [3.63, 3.8) is 0 Å². The Bertz CT molecular complexity index is 605. The Balaban J connectivity index is 2.30. The summed E-state index contributed by atoms with van der Waals surface area (Å²) in [5.41, 5.74) is 2.80. The molecule has 0 bridgehead atoms. The zero-order valence-corrected chi connectivity index (χ0v) is 12.1. The van der Waals surface area contributed by atoms with Crippen molar-refractivity contribution in [1.82, 2.24) is 15.0 Å². The summed E-state index contributed by atoms with van der Waals surface area (Å²) < 4.78 is 4.75. The number of esters is 1. The summed E-state index contributed by atoms with van der Waals surface area (Å²) in [4.78, 5) is 23.6. The highest BCUT2D eigenvalue weighted by Gasteiger charge is 2.11. The van der Waals surface area contributed by atoms with Crippen LogP contribution in [0.2, 0.25) is 0 Å². The molecule has 0 aromatic carbocycles. The van der Waals surface area contributed by atoms with Gasteiger partial charge < -0.3 is 9.72 Å². The molecule has 0 radical (unpaired) electrons. The van der Waals surface area contributed by atoms with Crippen LogP contribution >= 0.6 is 0 Å². The van der Waals surface area contributed by atoms with E-state index in [1.807, 2.05) is 6.92 Å². The summed E-state index contributed by atoms with van der Waals surface area (Å²) in [7, 11) is 1.37. The Morgan fingerprint density at radius 3 is 2.90 bits per heavy atom. The number of carbonyl (C=O) groups is 1. The number of nitrogens with zero attached hydrogens (tertiary/aromatic N) is 2. The first-order valence-corrected chi connectivity index (χ1v) is 6.75. The van der Waals surface area contributed by atoms with Gasteiger partial charge in [0.1, 0.15) is 5.82 Å². The maximum absolute atomic E-state index is 11.6. The van der Waals surface area contributed by atoms with Gasteiger partial charge in [-0.25, -0.2) is 9.78 Å². The minimum atomic E-state index is -0.359. The number of carbonyl (C=O) groups excluding carboxylic acids is 1. The number of aromatic nitrogens is 3. The van der Waals surface area contributed by atoms with Crippen LogP contribution in [-0.4, -0.2) is 28.0 Å². The molecule has 2 aromatic heterocycles. The average Bonchev–Trinajstić information content (AvgIpc) is 2.92. The lowest BCUT2D eigenvalue weighted by Gasteiger charge is -2.04. The number of imidazole rings is 1. The summed E-state index contributed by atoms with van der Waals surface area (Å²) in [5.74, 6) is 0.590. The molecule has 5 nitrogen and oxygen atoms in total. The quantitative estimate of drug-likeness (QED) is 0.850. The van der Waals surface area contributed by atoms with Crippen molar-refractivity contribution < 1.29 is 9.53 Å². The molecule has 2 rings (SSSR count). The molecule has 20 heavy (non-hydrogen) atoms. The summed E-state index contributed by atoms with van der Waals surface area (Å²) in [6.07, 6.45) is 4.91. The van der Waals surface area contributed by atoms with Crippen LogP contribution in [0.15, 0.2) is 18.3 Å². The fraction of sp³-hybridized carbons (Fsp3) is 0.400. The maximum atomic E-state index is 11.6. The normalized spacial score (nSPS) is 10.6. The lowest BCUT2D eigenvalue weighted by atomic mass is 10.1. The van der Waals surface area contributed by atoms with E-state index in [9.17, 15) is 4.79 Å². The van der Waals surface area contributed by atoms with Crippen molar-refractivity contribution in [3.8, 4) is 11.4 Å². The van der Waals surface area contributed by atoms with E-state index in [0.717, 1.165) is 36.5 Å². The zero-order chi connectivity index (χ0) is 14.5. The van der Waals surface area contributed by atoms with E-state index in [1.165, 1.54) is 7.11 Å². The van der Waals surface area contributed by atoms with Gasteiger partial charge >= 0.3 is 5.97 Å². The molecular formula is C15H19N3O2. The lowest BCUT2D eigenvalue weighted by Crippen LogP contribution is -2.03. The van der Waals surface area contributed by atoms with Crippen LogP contribution in [-0.2, 0) is 11.2 Å². The Morgan fingerprint density at radius 2 is 2.20 bits per heavy atom. The van der Waals surface area contributed by atoms with Crippen LogP contribution in [0.3, 0.4) is 0 Å². The van der Waals surface area contributed by atoms with E-state index in [-0.39, 0.29) is 5.97 Å². The van der Waals surface area contributed by atoms with Gasteiger partial charge in [-0.05, 0) is 25.5 Å². The molecule has 0 amide bonds. The van der Waals surface area contributed by atoms with Gasteiger partial charge in [0.15, 0.2) is 0 Å². The van der Waals surface area contributed by atoms with E-state index >= 15 is 0 Å². The highest BCUT2D eigenvalue weighted by molar-refractivity contribution is 5.90. The first-order chi connectivity index (χ1) is 9.63. The Morgan fingerprint density at radius 1 is 1.40 bits per heavy atom. The third kappa shape index (κ3) is 3.23. The molecule has 2 aromatic rings. The number of unbranched alkanes of at least 4 members (excludes halogenated alkanes) is 1. The second-order valence-electron chi connectivity index (χ2n) is 4.72. The molecule has 0 spiro atoms. The van der Waals surface area contributed by atoms with Crippen molar-refractivity contribution in [1.29, 1.82) is 0 Å². The smallest absolute Gasteiger partial charge is 0.337 e. The van der Waals surface area contributed by atoms with Crippen LogP contribution in [0.1, 0.15) is 41.6 Å². The predicted octanol–water partition coefficient (Wildman–Crippen LogP) is 2.91. The highest BCUT2D eigenvalue weighted by atomic mass is 16.5. The predicted molar refractivity (Wildman–Crippen MR) is 76.5 cm³/mol. The van der Waals surface area contributed by atoms with E-state index in [0.29, 0.717) is 11.3 Å². The highest BCUT2D eigenvalue weighted by Crippen LogP contribution is 2.18. The third-order valence-corrected chi connectivity index (χ3v) is 3.05. The van der Waals surface area contributed by atoms with E-state index in [2.05, 4.69) is 21.9 Å². The van der Waals surface area contributed by atoms with Gasteiger partial charge in [-0.3, -0.25) is 4.98 Å². The molecule has 0 saturated carbocycles. The summed E-state index contributed by atoms with van der Waals surface area (Å²) in [5, 5.41) is 0. The van der Waals surface area contributed by atoms with Crippen molar-refractivity contribution >= 4 is 5.97 Å². The van der Waals surface area contributed by atoms with Crippen LogP contribution in [0.4, 0.5) is 0 Å². The van der Waals surface area contributed by atoms with E-state index in [1.54, 1.807) is 18.3 Å². The number of hydrogen-bond donors (Lipinski definition) is 1. The number of nitrogens with one attached hydrogen (secondary N) is 1. The molecule has 2 heterocycles. The fourth-order valence-corrected chi connectivity index (χ4v) is 2.01. The summed E-state index contributed by atoms with van der Waals surface area (Å²) in [6.45, 7) is 4.00. The van der Waals surface area contributed by atoms with Crippen LogP contribution in [0.5, 0.6) is 0 Å². The molecule has 0 aliphatic carbocycles. The van der Waals surface area contributed by atoms with Crippen molar-refractivity contribution in [2.24, 2.45) is 0 Å². The fourth-order valence-electron chi connectivity index (χ4n) is 2.01. The number of rotatable bonds is 5. The van der Waals surface area contributed by atoms with E-state index < -0.39 is 0 Å². The third-order valence-electron chi connectivity index (χ3n) is 3.05. The number of H-pyrrole nitrogens is 1. The average molecular weight is 273 g/mol. The number of pyridine rings is 1. The number of aromatic amines is 1. The second kappa shape index (κ2) is 6.32. The van der Waals surface area contributed by atoms with E-state index in [4.69, 9.17) is 4.74 Å². The Labute approximate surface area is 118 Å². The molecule has 5 heteroatoms. The van der Waals surface area contributed by atoms with Gasteiger partial charge in [-0.15, -0.1) is 0 Å². The van der Waals surface area contributed by atoms with Crippen LogP contribution < -0.4 is 0 Å². The minimum absolute atomic E-state index is 0.359. The molecule has 1 N–H and O–H groups in total. The van der Waals surface area contributed by atoms with Gasteiger partial charge in [0.25, 0.3) is 0 Å². The van der Waals surface area contributed by atoms with Gasteiger partial charge in [-0.1, -0.05) is 13.3 Å². The molecule has 0 saturated heterocycles. The standard InChI is InChI=1S/C15H19N3O2/c1-4-5-6-14-16-9-13(18-14)12-8-11(15(19)20-3)7-10(2)17-12/h7-9H,4-6H2,1-3H3,(H,16,18). The first-order valence-electron chi connectivity index (χ1n) is 6.75. The van der Waals surface area contributed by atoms with Gasteiger partial charge in [-0.2, -0.15) is 0 Å². The van der Waals surface area contributed by atoms with Crippen molar-refractivity contribution in [2.75, 3.05) is 7.11 Å². The second-order valence-corrected chi connectivity index (χ2v) is 4.72. The molecular weight excluding hydrogens is 254 g/mol. The molecule has 0 unspecified atom stereocenters. The van der Waals surface area contributed by atoms with Gasteiger partial charge in [0, 0.05) is 12.1 Å². The van der Waals surface area contributed by atoms with Crippen LogP contribution in [0.25, 0.3) is 11.4 Å². The lowest BCUT2D eigenvalue weighted by molar-refractivity contribution is 0.0600. The molecule has 0 fully saturated rings. The molecule has 106 valence electrons. The number of methoxy groups -OCH3 is 1. The monoisotopic (exact) mass is 273 g/mol. The Hall–Kier alpha value is -2.17. The largest absolute Gasteiger partial charge is 0.465 e. The summed E-state index contributed by atoms with van der Waals surface area (Å²) in [6, 6.07) is 3.43. The minimum Gasteiger partial charge on any atom is -0.465 e. The summed E-state index contributed by atoms with van der Waals surface area (Å²) >= 11 is 0. The maximum Gasteiger partial charge on any atom is 0.337 e. The van der Waals surface area contributed by atoms with Gasteiger partial charge in [0.2, 0.25) is 0 Å². The van der Waals surface area contributed by atoms with Crippen LogP contribution in [0, 0.1) is 6.92 Å². The number of aryl methyl sites for hydroxylation is 2. The topological polar surface area (TPSA) is 67.9 Å². The zero-order valence-electron chi connectivity index (χ0n) is 12.1. The van der Waals surface area contributed by atoms with Crippen molar-refractivity contribution in [3.05, 3.63) is 35.4 Å². The molecule has 0 aliphatic heterocycles. The Kier molecular flexibility index (Phi) is 4.50. The van der Waals surface area contributed by atoms with Crippen molar-refractivity contribution in [2.45, 2.75) is 33.1 Å². The molecule has 0 atom stereocenters. The number of hydrogen-bond acceptors (Lipinski definition) is 4. The van der Waals surface area contributed by atoms with Gasteiger partial charge in [0.05, 0.1) is 30.3 Å². The SMILES string of the molecule is CCCCc1ncc(-c2cc(C(=O)OC)cc(C)n2)[nH]1.